The Balaban J connectivity index is 1.63. The van der Waals surface area contributed by atoms with E-state index in [0.717, 1.165) is 24.2 Å². The third-order valence-corrected chi connectivity index (χ3v) is 4.60. The maximum Gasteiger partial charge on any atom is 0.255 e. The lowest BCUT2D eigenvalue weighted by Gasteiger charge is -2.12. The van der Waals surface area contributed by atoms with E-state index in [4.69, 9.17) is 4.74 Å². The highest BCUT2D eigenvalue weighted by molar-refractivity contribution is 6.09. The van der Waals surface area contributed by atoms with Crippen molar-refractivity contribution in [3.63, 3.8) is 0 Å². The number of nitrogens with one attached hydrogen (secondary N) is 2. The van der Waals surface area contributed by atoms with Gasteiger partial charge in [0.2, 0.25) is 0 Å². The molecule has 0 unspecified atom stereocenters. The Kier molecular flexibility index (Phi) is 7.61. The van der Waals surface area contributed by atoms with Gasteiger partial charge in [0.25, 0.3) is 11.8 Å². The van der Waals surface area contributed by atoms with E-state index in [9.17, 15) is 9.59 Å². The van der Waals surface area contributed by atoms with Crippen LogP contribution in [0.25, 0.3) is 0 Å². The van der Waals surface area contributed by atoms with Crippen molar-refractivity contribution >= 4 is 17.5 Å². The minimum atomic E-state index is -0.279. The molecule has 0 spiro atoms. The minimum Gasteiger partial charge on any atom is -0.494 e. The van der Waals surface area contributed by atoms with Gasteiger partial charge in [-0.1, -0.05) is 55.8 Å². The summed E-state index contributed by atoms with van der Waals surface area (Å²) in [5.41, 5.74) is 2.39. The Bertz CT molecular complexity index is 969. The van der Waals surface area contributed by atoms with E-state index in [0.29, 0.717) is 30.0 Å². The molecule has 0 aliphatic carbocycles. The number of unbranched alkanes of at least 4 members (excludes halogenated alkanes) is 1. The predicted octanol–water partition coefficient (Wildman–Crippen LogP) is 5.05. The zero-order valence-corrected chi connectivity index (χ0v) is 17.1. The van der Waals surface area contributed by atoms with Crippen LogP contribution in [0.15, 0.2) is 78.9 Å². The minimum absolute atomic E-state index is 0.241. The quantitative estimate of drug-likeness (QED) is 0.492. The summed E-state index contributed by atoms with van der Waals surface area (Å²) in [6.07, 6.45) is 2.06. The van der Waals surface area contributed by atoms with Crippen LogP contribution < -0.4 is 15.4 Å². The molecule has 2 N–H and O–H groups in total. The number of ether oxygens (including phenoxy) is 1. The maximum absolute atomic E-state index is 12.7. The van der Waals surface area contributed by atoms with Crippen LogP contribution in [0, 0.1) is 0 Å². The van der Waals surface area contributed by atoms with E-state index in [2.05, 4.69) is 17.6 Å². The number of para-hydroxylation sites is 1. The van der Waals surface area contributed by atoms with Crippen molar-refractivity contribution in [2.75, 3.05) is 11.9 Å². The molecule has 0 saturated heterocycles. The van der Waals surface area contributed by atoms with E-state index in [-0.39, 0.29) is 11.8 Å². The van der Waals surface area contributed by atoms with Crippen LogP contribution >= 0.6 is 0 Å². The monoisotopic (exact) mass is 402 g/mol. The van der Waals surface area contributed by atoms with Gasteiger partial charge in [-0.05, 0) is 48.4 Å². The highest BCUT2D eigenvalue weighted by atomic mass is 16.5. The molecule has 0 heterocycles. The predicted molar refractivity (Wildman–Crippen MR) is 119 cm³/mol. The Morgan fingerprint density at radius 1 is 0.833 bits per heavy atom. The Labute approximate surface area is 177 Å². The van der Waals surface area contributed by atoms with Crippen LogP contribution in [0.2, 0.25) is 0 Å². The van der Waals surface area contributed by atoms with Gasteiger partial charge in [0.05, 0.1) is 17.9 Å². The molecule has 0 aliphatic rings. The van der Waals surface area contributed by atoms with Crippen molar-refractivity contribution in [3.05, 3.63) is 95.6 Å². The van der Waals surface area contributed by atoms with Crippen molar-refractivity contribution in [1.29, 1.82) is 0 Å². The molecule has 0 fully saturated rings. The fourth-order valence-electron chi connectivity index (χ4n) is 2.89. The van der Waals surface area contributed by atoms with Crippen molar-refractivity contribution in [2.24, 2.45) is 0 Å². The van der Waals surface area contributed by atoms with E-state index in [1.165, 1.54) is 0 Å². The van der Waals surface area contributed by atoms with Crippen LogP contribution in [-0.4, -0.2) is 18.4 Å². The van der Waals surface area contributed by atoms with Crippen LogP contribution in [0.1, 0.15) is 46.0 Å². The number of hydrogen-bond donors (Lipinski definition) is 2. The molecule has 0 atom stereocenters. The lowest BCUT2D eigenvalue weighted by atomic mass is 10.1. The normalized spacial score (nSPS) is 10.3. The Morgan fingerprint density at radius 2 is 1.53 bits per heavy atom. The van der Waals surface area contributed by atoms with Crippen molar-refractivity contribution in [1.82, 2.24) is 5.32 Å². The van der Waals surface area contributed by atoms with Gasteiger partial charge in [0.1, 0.15) is 5.75 Å². The second-order valence-electron chi connectivity index (χ2n) is 6.89. The number of hydrogen-bond acceptors (Lipinski definition) is 3. The van der Waals surface area contributed by atoms with Gasteiger partial charge in [-0.25, -0.2) is 0 Å². The first-order valence-electron chi connectivity index (χ1n) is 10.1. The summed E-state index contributed by atoms with van der Waals surface area (Å²) in [4.78, 5) is 25.3. The molecule has 3 aromatic rings. The van der Waals surface area contributed by atoms with Gasteiger partial charge >= 0.3 is 0 Å². The molecular weight excluding hydrogens is 376 g/mol. The van der Waals surface area contributed by atoms with Crippen LogP contribution in [0.5, 0.6) is 5.75 Å². The van der Waals surface area contributed by atoms with Gasteiger partial charge < -0.3 is 15.4 Å². The average Bonchev–Trinajstić information content (AvgIpc) is 2.79. The number of anilines is 1. The third-order valence-electron chi connectivity index (χ3n) is 4.60. The summed E-state index contributed by atoms with van der Waals surface area (Å²) in [6, 6.07) is 23.6. The standard InChI is InChI=1S/C25H26N2O3/c1-2-3-17-30-21-15-13-20(14-16-21)24(28)27-23-12-8-7-11-22(23)25(29)26-18-19-9-5-4-6-10-19/h4-16H,2-3,17-18H2,1H3,(H,26,29)(H,27,28). The van der Waals surface area contributed by atoms with E-state index >= 15 is 0 Å². The molecule has 30 heavy (non-hydrogen) atoms. The van der Waals surface area contributed by atoms with Crippen molar-refractivity contribution in [2.45, 2.75) is 26.3 Å². The van der Waals surface area contributed by atoms with Gasteiger partial charge in [-0.3, -0.25) is 9.59 Å². The summed E-state index contributed by atoms with van der Waals surface area (Å²) in [5.74, 6) is 0.216. The number of benzene rings is 3. The molecule has 5 heteroatoms. The molecular formula is C25H26N2O3. The molecule has 3 rings (SSSR count). The topological polar surface area (TPSA) is 67.4 Å². The smallest absolute Gasteiger partial charge is 0.255 e. The van der Waals surface area contributed by atoms with Gasteiger partial charge in [-0.2, -0.15) is 0 Å². The summed E-state index contributed by atoms with van der Waals surface area (Å²) >= 11 is 0. The highest BCUT2D eigenvalue weighted by Crippen LogP contribution is 2.18. The number of carbonyl (C=O) groups is 2. The Morgan fingerprint density at radius 3 is 2.27 bits per heavy atom. The average molecular weight is 402 g/mol. The maximum atomic E-state index is 12.7. The van der Waals surface area contributed by atoms with Crippen molar-refractivity contribution < 1.29 is 14.3 Å². The molecule has 0 saturated carbocycles. The molecule has 0 aromatic heterocycles. The Hall–Kier alpha value is -3.60. The first-order valence-corrected chi connectivity index (χ1v) is 10.1. The molecule has 154 valence electrons. The summed E-state index contributed by atoms with van der Waals surface area (Å²) < 4.78 is 5.63. The second-order valence-corrected chi connectivity index (χ2v) is 6.89. The first kappa shape index (κ1) is 21.1. The third kappa shape index (κ3) is 5.95. The lowest BCUT2D eigenvalue weighted by Crippen LogP contribution is -2.24. The zero-order valence-electron chi connectivity index (χ0n) is 17.1. The van der Waals surface area contributed by atoms with Crippen LogP contribution in [0.3, 0.4) is 0 Å². The van der Waals surface area contributed by atoms with Gasteiger partial charge in [0.15, 0.2) is 0 Å². The molecule has 3 aromatic carbocycles. The van der Waals surface area contributed by atoms with E-state index in [1.54, 1.807) is 48.5 Å². The second kappa shape index (κ2) is 10.8. The molecule has 0 aliphatic heterocycles. The van der Waals surface area contributed by atoms with E-state index < -0.39 is 0 Å². The van der Waals surface area contributed by atoms with Crippen LogP contribution in [-0.2, 0) is 6.54 Å². The van der Waals surface area contributed by atoms with Crippen LogP contribution in [0.4, 0.5) is 5.69 Å². The fraction of sp³-hybridized carbons (Fsp3) is 0.200. The number of carbonyl (C=O) groups excluding carboxylic acids is 2. The first-order chi connectivity index (χ1) is 14.7. The summed E-state index contributed by atoms with van der Waals surface area (Å²) in [5, 5.41) is 5.73. The molecule has 2 amide bonds. The zero-order chi connectivity index (χ0) is 21.2. The fourth-order valence-corrected chi connectivity index (χ4v) is 2.89. The molecule has 0 radical (unpaired) electrons. The van der Waals surface area contributed by atoms with Crippen molar-refractivity contribution in [3.8, 4) is 5.75 Å². The highest BCUT2D eigenvalue weighted by Gasteiger charge is 2.14. The van der Waals surface area contributed by atoms with E-state index in [1.807, 2.05) is 30.3 Å². The molecule has 5 nitrogen and oxygen atoms in total. The van der Waals surface area contributed by atoms with Gasteiger partial charge in [0, 0.05) is 12.1 Å². The largest absolute Gasteiger partial charge is 0.494 e. The van der Waals surface area contributed by atoms with Gasteiger partial charge in [-0.15, -0.1) is 0 Å². The molecule has 0 bridgehead atoms. The summed E-state index contributed by atoms with van der Waals surface area (Å²) in [6.45, 7) is 3.19. The lowest BCUT2D eigenvalue weighted by molar-refractivity contribution is 0.0952. The summed E-state index contributed by atoms with van der Waals surface area (Å²) in [7, 11) is 0. The number of amides is 2. The SMILES string of the molecule is CCCCOc1ccc(C(=O)Nc2ccccc2C(=O)NCc2ccccc2)cc1. The number of rotatable bonds is 9.